The third kappa shape index (κ3) is 5.09. The number of nitrogens with zero attached hydrogens (tertiary/aromatic N) is 1. The van der Waals surface area contributed by atoms with Crippen molar-refractivity contribution >= 4 is 60.1 Å². The summed E-state index contributed by atoms with van der Waals surface area (Å²) in [6.45, 7) is 6.72. The molecule has 1 saturated carbocycles. The topological polar surface area (TPSA) is 18.1 Å². The van der Waals surface area contributed by atoms with Gasteiger partial charge in [-0.25, -0.2) is 0 Å². The van der Waals surface area contributed by atoms with Crippen LogP contribution in [0.4, 0.5) is 0 Å². The standard InChI is InChI=1S/C55H35NO.C4H6/c1-2-17-41(18-3-1)56-49-23-9-7-19-42(49)44-30-38(24-26-50(44)56)35-15-12-16-39(29-35)53-43-20-6-8-21-47(43)55(34-54(55)28-11-10-22-48(53)54)40-25-27-51-46(33-40)45-31-36-13-4-5-14-37(36)32-52(45)57-51;1-3-4-2/h1-33H,34H2;3-4H,1-2H2. The second-order valence-corrected chi connectivity index (χ2v) is 16.6. The fraction of sp³-hybridized carbons (Fsp3) is 0.0508. The smallest absolute Gasteiger partial charge is 0.136 e. The Kier molecular flexibility index (Phi) is 7.76. The normalized spacial score (nSPS) is 18.5. The first kappa shape index (κ1) is 35.3. The van der Waals surface area contributed by atoms with Crippen LogP contribution in [0.1, 0.15) is 28.7 Å². The monoisotopic (exact) mass is 779 g/mol. The van der Waals surface area contributed by atoms with Crippen LogP contribution in [0.2, 0.25) is 0 Å². The van der Waals surface area contributed by atoms with Gasteiger partial charge in [0.05, 0.1) is 11.0 Å². The SMILES string of the molecule is C1=CC2=C(c3cccc(-c4ccc5c(c4)c4ccccc4n5-c4ccccc4)c3)c3ccccc3C3(c4ccc5oc6cc7ccccc7cc6c5c4)CC23C=C1.C=CC=C. The highest BCUT2D eigenvalue weighted by molar-refractivity contribution is 6.12. The molecule has 2 atom stereocenters. The summed E-state index contributed by atoms with van der Waals surface area (Å²) in [6.07, 6.45) is 13.7. The van der Waals surface area contributed by atoms with Crippen molar-refractivity contribution in [2.45, 2.75) is 11.8 Å². The molecule has 0 aliphatic heterocycles. The van der Waals surface area contributed by atoms with E-state index >= 15 is 0 Å². The molecule has 10 aromatic rings. The van der Waals surface area contributed by atoms with Gasteiger partial charge in [-0.3, -0.25) is 0 Å². The molecule has 8 aromatic carbocycles. The number of furan rings is 1. The van der Waals surface area contributed by atoms with Gasteiger partial charge in [-0.15, -0.1) is 0 Å². The van der Waals surface area contributed by atoms with E-state index < -0.39 is 0 Å². The van der Waals surface area contributed by atoms with E-state index in [1.807, 2.05) is 0 Å². The van der Waals surface area contributed by atoms with Crippen molar-refractivity contribution < 1.29 is 4.42 Å². The molecule has 288 valence electrons. The van der Waals surface area contributed by atoms with Crippen molar-refractivity contribution in [2.24, 2.45) is 5.41 Å². The molecule has 3 aliphatic carbocycles. The zero-order valence-electron chi connectivity index (χ0n) is 33.7. The van der Waals surface area contributed by atoms with Gasteiger partial charge in [0.25, 0.3) is 0 Å². The molecule has 2 unspecified atom stereocenters. The van der Waals surface area contributed by atoms with Gasteiger partial charge < -0.3 is 8.98 Å². The second kappa shape index (κ2) is 13.4. The summed E-state index contributed by atoms with van der Waals surface area (Å²) in [5.74, 6) is 0. The van der Waals surface area contributed by atoms with E-state index in [9.17, 15) is 0 Å². The Morgan fingerprint density at radius 1 is 0.525 bits per heavy atom. The Bertz CT molecular complexity index is 3550. The molecule has 0 N–H and O–H groups in total. The largest absolute Gasteiger partial charge is 0.456 e. The quantitative estimate of drug-likeness (QED) is 0.159. The molecule has 1 spiro atoms. The summed E-state index contributed by atoms with van der Waals surface area (Å²) >= 11 is 0. The number of rotatable bonds is 5. The van der Waals surface area contributed by atoms with Crippen molar-refractivity contribution in [1.82, 2.24) is 4.57 Å². The Hall–Kier alpha value is -7.68. The molecule has 3 aliphatic rings. The lowest BCUT2D eigenvalue weighted by Gasteiger charge is -2.36. The summed E-state index contributed by atoms with van der Waals surface area (Å²) in [5, 5.41) is 7.33. The van der Waals surface area contributed by atoms with Gasteiger partial charge >= 0.3 is 0 Å². The number of hydrogen-bond donors (Lipinski definition) is 0. The zero-order chi connectivity index (χ0) is 40.7. The predicted molar refractivity (Wildman–Crippen MR) is 256 cm³/mol. The van der Waals surface area contributed by atoms with Gasteiger partial charge in [0.2, 0.25) is 0 Å². The van der Waals surface area contributed by atoms with Gasteiger partial charge in [0.1, 0.15) is 11.2 Å². The van der Waals surface area contributed by atoms with Gasteiger partial charge in [-0.1, -0.05) is 165 Å². The molecule has 13 rings (SSSR count). The van der Waals surface area contributed by atoms with Crippen LogP contribution in [0.5, 0.6) is 0 Å². The molecule has 2 nitrogen and oxygen atoms in total. The molecule has 2 heterocycles. The molecule has 0 saturated heterocycles. The van der Waals surface area contributed by atoms with Gasteiger partial charge in [0.15, 0.2) is 0 Å². The van der Waals surface area contributed by atoms with Crippen molar-refractivity contribution in [3.05, 3.63) is 253 Å². The highest BCUT2D eigenvalue weighted by atomic mass is 16.3. The van der Waals surface area contributed by atoms with E-state index in [0.29, 0.717) is 0 Å². The highest BCUT2D eigenvalue weighted by Crippen LogP contribution is 2.77. The number of allylic oxidation sites excluding steroid dienone is 7. The number of hydrogen-bond acceptors (Lipinski definition) is 1. The second-order valence-electron chi connectivity index (χ2n) is 16.6. The first-order valence-corrected chi connectivity index (χ1v) is 21.1. The summed E-state index contributed by atoms with van der Waals surface area (Å²) in [4.78, 5) is 0. The van der Waals surface area contributed by atoms with Crippen molar-refractivity contribution in [2.75, 3.05) is 0 Å². The molecular formula is C59H41NO. The Labute approximate surface area is 355 Å². The maximum atomic E-state index is 6.48. The summed E-state index contributed by atoms with van der Waals surface area (Å²) in [5.41, 5.74) is 15.7. The van der Waals surface area contributed by atoms with Crippen LogP contribution in [0, 0.1) is 5.41 Å². The molecule has 61 heavy (non-hydrogen) atoms. The molecule has 2 aromatic heterocycles. The lowest BCUT2D eigenvalue weighted by atomic mass is 9.66. The summed E-state index contributed by atoms with van der Waals surface area (Å²) in [6, 6.07) is 64.9. The Balaban J connectivity index is 0.000000958. The number of para-hydroxylation sites is 2. The third-order valence-electron chi connectivity index (χ3n) is 13.5. The van der Waals surface area contributed by atoms with Crippen LogP contribution in [-0.2, 0) is 5.41 Å². The fourth-order valence-corrected chi connectivity index (χ4v) is 10.8. The van der Waals surface area contributed by atoms with Crippen molar-refractivity contribution in [3.8, 4) is 16.8 Å². The average Bonchev–Trinajstić information content (AvgIpc) is 3.71. The van der Waals surface area contributed by atoms with Crippen molar-refractivity contribution in [3.63, 3.8) is 0 Å². The van der Waals surface area contributed by atoms with Gasteiger partial charge in [0, 0.05) is 38.1 Å². The van der Waals surface area contributed by atoms with Crippen LogP contribution in [0.15, 0.2) is 236 Å². The number of benzene rings is 8. The summed E-state index contributed by atoms with van der Waals surface area (Å²) in [7, 11) is 0. The van der Waals surface area contributed by atoms with Gasteiger partial charge in [-0.2, -0.15) is 0 Å². The lowest BCUT2D eigenvalue weighted by Crippen LogP contribution is -2.27. The lowest BCUT2D eigenvalue weighted by molar-refractivity contribution is 0.645. The van der Waals surface area contributed by atoms with Crippen molar-refractivity contribution in [1.29, 1.82) is 0 Å². The third-order valence-corrected chi connectivity index (χ3v) is 13.5. The molecule has 0 amide bonds. The minimum absolute atomic E-state index is 0.139. The first-order valence-electron chi connectivity index (χ1n) is 21.1. The Morgan fingerprint density at radius 3 is 2.11 bits per heavy atom. The van der Waals surface area contributed by atoms with E-state index in [4.69, 9.17) is 4.42 Å². The Morgan fingerprint density at radius 2 is 1.25 bits per heavy atom. The molecule has 0 radical (unpaired) electrons. The van der Waals surface area contributed by atoms with Crippen LogP contribution < -0.4 is 0 Å². The molecular weight excluding hydrogens is 739 g/mol. The number of fused-ring (bicyclic) bond motifs is 9. The van der Waals surface area contributed by atoms with E-state index in [2.05, 4.69) is 218 Å². The summed E-state index contributed by atoms with van der Waals surface area (Å²) < 4.78 is 8.86. The minimum atomic E-state index is -0.173. The minimum Gasteiger partial charge on any atom is -0.456 e. The van der Waals surface area contributed by atoms with E-state index in [-0.39, 0.29) is 10.8 Å². The fourth-order valence-electron chi connectivity index (χ4n) is 10.8. The molecule has 1 fully saturated rings. The molecule has 2 heteroatoms. The predicted octanol–water partition coefficient (Wildman–Crippen LogP) is 15.5. The number of aromatic nitrogens is 1. The molecule has 0 bridgehead atoms. The van der Waals surface area contributed by atoms with E-state index in [1.54, 1.807) is 12.2 Å². The van der Waals surface area contributed by atoms with Crippen LogP contribution in [0.3, 0.4) is 0 Å². The van der Waals surface area contributed by atoms with Crippen LogP contribution in [0.25, 0.3) is 76.9 Å². The van der Waals surface area contributed by atoms with Gasteiger partial charge in [-0.05, 0) is 122 Å². The van der Waals surface area contributed by atoms with E-state index in [1.165, 1.54) is 93.6 Å². The maximum absolute atomic E-state index is 6.48. The highest BCUT2D eigenvalue weighted by Gasteiger charge is 2.71. The first-order chi connectivity index (χ1) is 30.1. The van der Waals surface area contributed by atoms with Crippen LogP contribution in [-0.4, -0.2) is 4.57 Å². The van der Waals surface area contributed by atoms with E-state index in [0.717, 1.165) is 17.6 Å². The maximum Gasteiger partial charge on any atom is 0.136 e. The van der Waals surface area contributed by atoms with Crippen LogP contribution >= 0.6 is 0 Å². The average molecular weight is 780 g/mol. The zero-order valence-corrected chi connectivity index (χ0v) is 33.7.